The molecule has 0 saturated carbocycles. The lowest BCUT2D eigenvalue weighted by Gasteiger charge is -2.33. The number of nitrogens with zero attached hydrogens (tertiary/aromatic N) is 1. The first kappa shape index (κ1) is 15.5. The van der Waals surface area contributed by atoms with Crippen LogP contribution in [0.15, 0.2) is 24.3 Å². The predicted molar refractivity (Wildman–Crippen MR) is 81.1 cm³/mol. The average molecular weight is 290 g/mol. The standard InChI is InChI=1S/C16H22N2O3/c17-9-5-1-2-8-15(19)18-11-13(16(20)21)10-12-6-3-4-7-14(12)18/h3-4,6-7,13H,1-2,5,8-11,17H2,(H,20,21). The van der Waals surface area contributed by atoms with Crippen molar-refractivity contribution in [1.29, 1.82) is 0 Å². The van der Waals surface area contributed by atoms with Gasteiger partial charge in [0.1, 0.15) is 0 Å². The summed E-state index contributed by atoms with van der Waals surface area (Å²) >= 11 is 0. The average Bonchev–Trinajstić information content (AvgIpc) is 2.50. The number of carbonyl (C=O) groups excluding carboxylic acids is 1. The van der Waals surface area contributed by atoms with Gasteiger partial charge in [0.15, 0.2) is 0 Å². The molecule has 1 unspecified atom stereocenters. The molecule has 1 aliphatic heterocycles. The lowest BCUT2D eigenvalue weighted by atomic mass is 9.92. The molecule has 5 nitrogen and oxygen atoms in total. The van der Waals surface area contributed by atoms with Crippen LogP contribution in [-0.2, 0) is 16.0 Å². The highest BCUT2D eigenvalue weighted by Crippen LogP contribution is 2.30. The minimum absolute atomic E-state index is 0.00502. The van der Waals surface area contributed by atoms with E-state index in [1.54, 1.807) is 4.90 Å². The van der Waals surface area contributed by atoms with Gasteiger partial charge in [0.05, 0.1) is 5.92 Å². The number of anilines is 1. The first-order valence-electron chi connectivity index (χ1n) is 7.44. The number of para-hydroxylation sites is 1. The molecule has 0 bridgehead atoms. The van der Waals surface area contributed by atoms with E-state index in [9.17, 15) is 14.7 Å². The minimum Gasteiger partial charge on any atom is -0.481 e. The third kappa shape index (κ3) is 3.82. The first-order chi connectivity index (χ1) is 10.1. The molecule has 1 aromatic carbocycles. The summed E-state index contributed by atoms with van der Waals surface area (Å²) in [6.45, 7) is 0.907. The number of aliphatic carboxylic acids is 1. The third-order valence-electron chi connectivity index (χ3n) is 3.90. The normalized spacial score (nSPS) is 17.4. The van der Waals surface area contributed by atoms with Crippen LogP contribution < -0.4 is 10.6 Å². The summed E-state index contributed by atoms with van der Waals surface area (Å²) in [6.07, 6.45) is 3.58. The monoisotopic (exact) mass is 290 g/mol. The molecule has 0 saturated heterocycles. The van der Waals surface area contributed by atoms with Gasteiger partial charge in [-0.05, 0) is 37.4 Å². The van der Waals surface area contributed by atoms with Gasteiger partial charge in [-0.25, -0.2) is 0 Å². The van der Waals surface area contributed by atoms with Crippen molar-refractivity contribution in [3.05, 3.63) is 29.8 Å². The number of amides is 1. The van der Waals surface area contributed by atoms with Crippen molar-refractivity contribution in [2.75, 3.05) is 18.0 Å². The van der Waals surface area contributed by atoms with Crippen LogP contribution in [-0.4, -0.2) is 30.1 Å². The fraction of sp³-hybridized carbons (Fsp3) is 0.500. The summed E-state index contributed by atoms with van der Waals surface area (Å²) in [4.78, 5) is 25.3. The fourth-order valence-corrected chi connectivity index (χ4v) is 2.73. The smallest absolute Gasteiger partial charge is 0.308 e. The van der Waals surface area contributed by atoms with E-state index in [-0.39, 0.29) is 12.5 Å². The summed E-state index contributed by atoms with van der Waals surface area (Å²) in [5, 5.41) is 9.26. The second-order valence-electron chi connectivity index (χ2n) is 5.47. The van der Waals surface area contributed by atoms with Crippen molar-refractivity contribution < 1.29 is 14.7 Å². The predicted octanol–water partition coefficient (Wildman–Crippen LogP) is 1.80. The molecule has 2 rings (SSSR count). The van der Waals surface area contributed by atoms with Crippen LogP contribution >= 0.6 is 0 Å². The van der Waals surface area contributed by atoms with E-state index in [0.717, 1.165) is 30.5 Å². The molecule has 0 aliphatic carbocycles. The van der Waals surface area contributed by atoms with E-state index < -0.39 is 11.9 Å². The zero-order valence-electron chi connectivity index (χ0n) is 12.1. The molecule has 0 fully saturated rings. The molecule has 3 N–H and O–H groups in total. The Kier molecular flexibility index (Phi) is 5.33. The van der Waals surface area contributed by atoms with Gasteiger partial charge in [0.25, 0.3) is 0 Å². The van der Waals surface area contributed by atoms with E-state index in [1.165, 1.54) is 0 Å². The summed E-state index contributed by atoms with van der Waals surface area (Å²) < 4.78 is 0. The van der Waals surface area contributed by atoms with Crippen molar-refractivity contribution in [1.82, 2.24) is 0 Å². The zero-order chi connectivity index (χ0) is 15.2. The Morgan fingerprint density at radius 1 is 1.24 bits per heavy atom. The van der Waals surface area contributed by atoms with Crippen molar-refractivity contribution >= 4 is 17.6 Å². The summed E-state index contributed by atoms with van der Waals surface area (Å²) in [5.41, 5.74) is 7.24. The van der Waals surface area contributed by atoms with Gasteiger partial charge in [0, 0.05) is 18.7 Å². The highest BCUT2D eigenvalue weighted by atomic mass is 16.4. The van der Waals surface area contributed by atoms with Crippen LogP contribution in [0.4, 0.5) is 5.69 Å². The van der Waals surface area contributed by atoms with E-state index in [0.29, 0.717) is 19.4 Å². The van der Waals surface area contributed by atoms with E-state index >= 15 is 0 Å². The number of carbonyl (C=O) groups is 2. The quantitative estimate of drug-likeness (QED) is 0.782. The lowest BCUT2D eigenvalue weighted by molar-refractivity contribution is -0.141. The highest BCUT2D eigenvalue weighted by molar-refractivity contribution is 5.95. The maximum Gasteiger partial charge on any atom is 0.308 e. The summed E-state index contributed by atoms with van der Waals surface area (Å²) in [5.74, 6) is -1.36. The molecule has 5 heteroatoms. The molecule has 21 heavy (non-hydrogen) atoms. The minimum atomic E-state index is -0.842. The number of carboxylic acids is 1. The second-order valence-corrected chi connectivity index (χ2v) is 5.47. The zero-order valence-corrected chi connectivity index (χ0v) is 12.1. The molecule has 114 valence electrons. The van der Waals surface area contributed by atoms with Crippen LogP contribution in [0.3, 0.4) is 0 Å². The molecule has 1 heterocycles. The Hall–Kier alpha value is -1.88. The number of fused-ring (bicyclic) bond motifs is 1. The van der Waals surface area contributed by atoms with Gasteiger partial charge < -0.3 is 15.7 Å². The maximum absolute atomic E-state index is 12.4. The van der Waals surface area contributed by atoms with Crippen molar-refractivity contribution in [3.63, 3.8) is 0 Å². The van der Waals surface area contributed by atoms with Crippen LogP contribution in [0.5, 0.6) is 0 Å². The molecule has 1 atom stereocenters. The Morgan fingerprint density at radius 3 is 2.71 bits per heavy atom. The molecular weight excluding hydrogens is 268 g/mol. The number of nitrogens with two attached hydrogens (primary N) is 1. The number of benzene rings is 1. The number of unbranched alkanes of at least 4 members (excludes halogenated alkanes) is 2. The van der Waals surface area contributed by atoms with Crippen LogP contribution in [0.25, 0.3) is 0 Å². The fourth-order valence-electron chi connectivity index (χ4n) is 2.73. The SMILES string of the molecule is NCCCCCC(=O)N1CC(C(=O)O)Cc2ccccc21. The van der Waals surface area contributed by atoms with E-state index in [4.69, 9.17) is 5.73 Å². The molecule has 1 aliphatic rings. The van der Waals surface area contributed by atoms with Crippen LogP contribution in [0.2, 0.25) is 0 Å². The van der Waals surface area contributed by atoms with Crippen molar-refractivity contribution in [2.45, 2.75) is 32.1 Å². The van der Waals surface area contributed by atoms with Crippen molar-refractivity contribution in [3.8, 4) is 0 Å². The number of carboxylic acid groups (broad SMARTS) is 1. The number of hydrogen-bond donors (Lipinski definition) is 2. The van der Waals surface area contributed by atoms with E-state index in [2.05, 4.69) is 0 Å². The molecule has 0 spiro atoms. The molecule has 0 radical (unpaired) electrons. The molecule has 1 aromatic rings. The molecular formula is C16H22N2O3. The van der Waals surface area contributed by atoms with Crippen LogP contribution in [0.1, 0.15) is 31.2 Å². The summed E-state index contributed by atoms with van der Waals surface area (Å²) in [6, 6.07) is 7.56. The van der Waals surface area contributed by atoms with E-state index in [1.807, 2.05) is 24.3 Å². The number of rotatable bonds is 6. The molecule has 0 aromatic heterocycles. The topological polar surface area (TPSA) is 83.6 Å². The Balaban J connectivity index is 2.09. The lowest BCUT2D eigenvalue weighted by Crippen LogP contribution is -2.42. The van der Waals surface area contributed by atoms with Gasteiger partial charge in [-0.3, -0.25) is 9.59 Å². The van der Waals surface area contributed by atoms with Crippen LogP contribution in [0, 0.1) is 5.92 Å². The second kappa shape index (κ2) is 7.22. The third-order valence-corrected chi connectivity index (χ3v) is 3.90. The Morgan fingerprint density at radius 2 is 2.00 bits per heavy atom. The largest absolute Gasteiger partial charge is 0.481 e. The van der Waals surface area contributed by atoms with Gasteiger partial charge >= 0.3 is 5.97 Å². The Bertz CT molecular complexity index is 516. The molecule has 1 amide bonds. The first-order valence-corrected chi connectivity index (χ1v) is 7.44. The highest BCUT2D eigenvalue weighted by Gasteiger charge is 2.31. The van der Waals surface area contributed by atoms with Gasteiger partial charge in [-0.2, -0.15) is 0 Å². The van der Waals surface area contributed by atoms with Crippen molar-refractivity contribution in [2.24, 2.45) is 11.7 Å². The summed E-state index contributed by atoms with van der Waals surface area (Å²) in [7, 11) is 0. The van der Waals surface area contributed by atoms with Gasteiger partial charge in [0.2, 0.25) is 5.91 Å². The Labute approximate surface area is 124 Å². The van der Waals surface area contributed by atoms with Gasteiger partial charge in [-0.15, -0.1) is 0 Å². The van der Waals surface area contributed by atoms with Gasteiger partial charge in [-0.1, -0.05) is 24.6 Å². The number of hydrogen-bond acceptors (Lipinski definition) is 3. The maximum atomic E-state index is 12.4.